The number of amides is 1. The van der Waals surface area contributed by atoms with E-state index in [1.165, 1.54) is 17.4 Å². The molecule has 0 fully saturated rings. The number of rotatable bonds is 7. The molecular formula is C17H23N3O4S. The second kappa shape index (κ2) is 7.35. The Morgan fingerprint density at radius 3 is 2.72 bits per heavy atom. The van der Waals surface area contributed by atoms with Gasteiger partial charge in [0.2, 0.25) is 5.78 Å². The van der Waals surface area contributed by atoms with Crippen molar-refractivity contribution in [1.82, 2.24) is 15.6 Å². The van der Waals surface area contributed by atoms with Crippen molar-refractivity contribution in [2.75, 3.05) is 6.54 Å². The number of aromatic nitrogens is 1. The molecule has 136 valence electrons. The fourth-order valence-corrected chi connectivity index (χ4v) is 3.49. The molecule has 0 bridgehead atoms. The Morgan fingerprint density at radius 2 is 2.08 bits per heavy atom. The number of thiazole rings is 1. The Hall–Kier alpha value is -2.22. The molecule has 25 heavy (non-hydrogen) atoms. The molecule has 2 rings (SSSR count). The first-order valence-corrected chi connectivity index (χ1v) is 8.96. The topological polar surface area (TPSA) is 108 Å². The maximum Gasteiger partial charge on any atom is 0.405 e. The van der Waals surface area contributed by atoms with Crippen molar-refractivity contribution < 1.29 is 19.5 Å². The van der Waals surface area contributed by atoms with Crippen molar-refractivity contribution in [2.24, 2.45) is 5.92 Å². The molecule has 1 heterocycles. The average Bonchev–Trinajstić information content (AvgIpc) is 2.89. The second-order valence-electron chi connectivity index (χ2n) is 6.78. The first kappa shape index (κ1) is 19.1. The minimum absolute atomic E-state index is 0.121. The molecule has 0 saturated carbocycles. The van der Waals surface area contributed by atoms with Gasteiger partial charge in [-0.15, -0.1) is 11.3 Å². The number of ketones is 2. The van der Waals surface area contributed by atoms with Crippen molar-refractivity contribution in [3.8, 4) is 0 Å². The van der Waals surface area contributed by atoms with E-state index in [2.05, 4.69) is 15.6 Å². The summed E-state index contributed by atoms with van der Waals surface area (Å²) in [5.41, 5.74) is -0.0228. The summed E-state index contributed by atoms with van der Waals surface area (Å²) in [6, 6.07) is 0. The summed E-state index contributed by atoms with van der Waals surface area (Å²) in [6.07, 6.45) is 1.81. The Labute approximate surface area is 150 Å². The lowest BCUT2D eigenvalue weighted by atomic mass is 9.85. The highest BCUT2D eigenvalue weighted by Gasteiger charge is 2.30. The van der Waals surface area contributed by atoms with Crippen molar-refractivity contribution in [1.29, 1.82) is 0 Å². The van der Waals surface area contributed by atoms with E-state index in [0.29, 0.717) is 16.4 Å². The number of hydrogen-bond donors (Lipinski definition) is 3. The second-order valence-corrected chi connectivity index (χ2v) is 7.99. The Balaban J connectivity index is 1.87. The molecule has 1 atom stereocenters. The van der Waals surface area contributed by atoms with E-state index in [-0.39, 0.29) is 28.9 Å². The van der Waals surface area contributed by atoms with Crippen molar-refractivity contribution in [2.45, 2.75) is 46.1 Å². The third kappa shape index (κ3) is 4.45. The van der Waals surface area contributed by atoms with E-state index < -0.39 is 11.6 Å². The van der Waals surface area contributed by atoms with Crippen LogP contribution in [0.2, 0.25) is 0 Å². The molecule has 0 spiro atoms. The summed E-state index contributed by atoms with van der Waals surface area (Å²) in [4.78, 5) is 39.8. The molecule has 7 nitrogen and oxygen atoms in total. The van der Waals surface area contributed by atoms with E-state index >= 15 is 0 Å². The van der Waals surface area contributed by atoms with Crippen LogP contribution in [0, 0.1) is 12.8 Å². The van der Waals surface area contributed by atoms with Crippen molar-refractivity contribution in [3.63, 3.8) is 0 Å². The first-order chi connectivity index (χ1) is 11.6. The quantitative estimate of drug-likeness (QED) is 0.641. The van der Waals surface area contributed by atoms with Gasteiger partial charge in [-0.05, 0) is 39.5 Å². The zero-order chi connectivity index (χ0) is 18.8. The zero-order valence-electron chi connectivity index (χ0n) is 14.8. The van der Waals surface area contributed by atoms with Gasteiger partial charge in [-0.25, -0.2) is 9.78 Å². The van der Waals surface area contributed by atoms with Crippen LogP contribution in [0.5, 0.6) is 0 Å². The predicted molar refractivity (Wildman–Crippen MR) is 95.2 cm³/mol. The number of hydrogen-bond acceptors (Lipinski definition) is 6. The van der Waals surface area contributed by atoms with Gasteiger partial charge < -0.3 is 15.7 Å². The van der Waals surface area contributed by atoms with Crippen LogP contribution in [0.4, 0.5) is 4.79 Å². The van der Waals surface area contributed by atoms with Crippen molar-refractivity contribution >= 4 is 29.0 Å². The van der Waals surface area contributed by atoms with Crippen LogP contribution in [-0.4, -0.2) is 39.8 Å². The Bertz CT molecular complexity index is 736. The van der Waals surface area contributed by atoms with Gasteiger partial charge in [0, 0.05) is 18.2 Å². The molecule has 0 aromatic carbocycles. The highest BCUT2D eigenvalue weighted by atomic mass is 32.1. The third-order valence-corrected chi connectivity index (χ3v) is 5.47. The summed E-state index contributed by atoms with van der Waals surface area (Å²) in [6.45, 7) is 7.96. The lowest BCUT2D eigenvalue weighted by molar-refractivity contribution is 0.0977. The molecule has 0 saturated heterocycles. The van der Waals surface area contributed by atoms with Gasteiger partial charge in [0.15, 0.2) is 5.78 Å². The summed E-state index contributed by atoms with van der Waals surface area (Å²) < 4.78 is 0. The smallest absolute Gasteiger partial charge is 0.405 e. The molecule has 1 aliphatic carbocycles. The highest BCUT2D eigenvalue weighted by molar-refractivity contribution is 7.14. The fraction of sp³-hybridized carbons (Fsp3) is 0.529. The molecule has 3 N–H and O–H groups in total. The zero-order valence-corrected chi connectivity index (χ0v) is 15.6. The van der Waals surface area contributed by atoms with Crippen LogP contribution < -0.4 is 10.6 Å². The van der Waals surface area contributed by atoms with Gasteiger partial charge in [0.1, 0.15) is 10.6 Å². The summed E-state index contributed by atoms with van der Waals surface area (Å²) >= 11 is 1.24. The van der Waals surface area contributed by atoms with Gasteiger partial charge in [0.05, 0.1) is 10.7 Å². The molecule has 1 amide bonds. The van der Waals surface area contributed by atoms with Crippen LogP contribution in [0.15, 0.2) is 11.8 Å². The lowest BCUT2D eigenvalue weighted by Crippen LogP contribution is -2.47. The lowest BCUT2D eigenvalue weighted by Gasteiger charge is -2.31. The number of nitrogens with zero attached hydrogens (tertiary/aromatic N) is 1. The van der Waals surface area contributed by atoms with Gasteiger partial charge in [-0.3, -0.25) is 9.59 Å². The summed E-state index contributed by atoms with van der Waals surface area (Å²) in [5, 5.41) is 15.1. The van der Waals surface area contributed by atoms with Gasteiger partial charge in [0.25, 0.3) is 0 Å². The monoisotopic (exact) mass is 365 g/mol. The average molecular weight is 365 g/mol. The molecule has 1 aromatic heterocycles. The number of carbonyl (C=O) groups excluding carboxylic acids is 2. The number of carboxylic acid groups (broad SMARTS) is 1. The summed E-state index contributed by atoms with van der Waals surface area (Å²) in [5.74, 6) is -0.321. The molecule has 0 radical (unpaired) electrons. The van der Waals surface area contributed by atoms with Crippen LogP contribution in [-0.2, 0) is 0 Å². The number of fused-ring (bicyclic) bond motifs is 1. The minimum atomic E-state index is -1.04. The Kier molecular flexibility index (Phi) is 5.62. The van der Waals surface area contributed by atoms with Gasteiger partial charge >= 0.3 is 6.09 Å². The molecule has 8 heteroatoms. The van der Waals surface area contributed by atoms with E-state index in [0.717, 1.165) is 12.8 Å². The maximum absolute atomic E-state index is 12.4. The van der Waals surface area contributed by atoms with Crippen LogP contribution in [0.25, 0.3) is 0 Å². The molecule has 1 unspecified atom stereocenters. The molecular weight excluding hydrogens is 342 g/mol. The highest BCUT2D eigenvalue weighted by Crippen LogP contribution is 2.25. The number of carbonyl (C=O) groups is 3. The van der Waals surface area contributed by atoms with Crippen LogP contribution in [0.3, 0.4) is 0 Å². The van der Waals surface area contributed by atoms with E-state index in [9.17, 15) is 14.4 Å². The molecule has 1 aromatic rings. The van der Waals surface area contributed by atoms with E-state index in [4.69, 9.17) is 5.11 Å². The van der Waals surface area contributed by atoms with Crippen LogP contribution in [0.1, 0.15) is 58.8 Å². The normalized spacial score (nSPS) is 15.4. The number of aryl methyl sites for hydroxylation is 1. The molecule has 1 aliphatic rings. The number of Topliss-reactive ketones (excluding diaryl/α,β-unsaturated/α-hetero) is 1. The standard InChI is InChI=1S/C17H23N3O4S/c1-9(17(3,4)20-16(23)24)6-5-7-18-11-8-12(21)15-13(14(11)22)19-10(2)25-15/h8-9,18,20H,5-7H2,1-4H3,(H,23,24). The third-order valence-electron chi connectivity index (χ3n) is 4.48. The van der Waals surface area contributed by atoms with Crippen molar-refractivity contribution in [3.05, 3.63) is 27.4 Å². The Morgan fingerprint density at radius 1 is 1.40 bits per heavy atom. The minimum Gasteiger partial charge on any atom is -0.465 e. The van der Waals surface area contributed by atoms with Crippen LogP contribution >= 0.6 is 11.3 Å². The number of allylic oxidation sites excluding steroid dienone is 2. The SMILES string of the molecule is Cc1nc2c(s1)C(=O)C=C(NCCCC(C)C(C)(C)NC(=O)O)C2=O. The van der Waals surface area contributed by atoms with Gasteiger partial charge in [-0.2, -0.15) is 0 Å². The van der Waals surface area contributed by atoms with E-state index in [1.807, 2.05) is 20.8 Å². The van der Waals surface area contributed by atoms with E-state index in [1.54, 1.807) is 6.92 Å². The first-order valence-electron chi connectivity index (χ1n) is 8.15. The van der Waals surface area contributed by atoms with Gasteiger partial charge in [-0.1, -0.05) is 6.92 Å². The largest absolute Gasteiger partial charge is 0.465 e. The number of nitrogens with one attached hydrogen (secondary N) is 2. The fourth-order valence-electron chi connectivity index (χ4n) is 2.66. The maximum atomic E-state index is 12.4. The summed E-state index contributed by atoms with van der Waals surface area (Å²) in [7, 11) is 0. The molecule has 0 aliphatic heterocycles. The predicted octanol–water partition coefficient (Wildman–Crippen LogP) is 2.77.